The molecule has 0 heterocycles. The van der Waals surface area contributed by atoms with Gasteiger partial charge in [-0.05, 0) is 35.9 Å². The monoisotopic (exact) mass is 249 g/mol. The number of hydrogen-bond donors (Lipinski definition) is 1. The van der Waals surface area contributed by atoms with Crippen LogP contribution in [-0.4, -0.2) is 7.11 Å². The zero-order valence-corrected chi connectivity index (χ0v) is 9.91. The molecular weight excluding hydrogens is 236 g/mol. The Hall–Kier alpha value is -1.94. The third-order valence-electron chi connectivity index (χ3n) is 2.72. The van der Waals surface area contributed by atoms with Gasteiger partial charge in [-0.2, -0.15) is 0 Å². The van der Waals surface area contributed by atoms with Gasteiger partial charge in [0.2, 0.25) is 0 Å². The Morgan fingerprint density at radius 2 is 1.83 bits per heavy atom. The topological polar surface area (TPSA) is 35.2 Å². The normalized spacial score (nSPS) is 10.4. The first kappa shape index (κ1) is 12.5. The van der Waals surface area contributed by atoms with Crippen molar-refractivity contribution in [3.63, 3.8) is 0 Å². The molecule has 2 N–H and O–H groups in total. The molecule has 0 aliphatic carbocycles. The molecule has 2 aromatic carbocycles. The van der Waals surface area contributed by atoms with Crippen molar-refractivity contribution in [3.05, 3.63) is 53.6 Å². The fraction of sp³-hybridized carbons (Fsp3) is 0.143. The van der Waals surface area contributed by atoms with E-state index in [2.05, 4.69) is 0 Å². The van der Waals surface area contributed by atoms with Crippen LogP contribution in [0.3, 0.4) is 0 Å². The van der Waals surface area contributed by atoms with Gasteiger partial charge in [0.25, 0.3) is 0 Å². The zero-order chi connectivity index (χ0) is 13.1. The van der Waals surface area contributed by atoms with E-state index in [0.29, 0.717) is 17.9 Å². The Morgan fingerprint density at radius 3 is 2.50 bits per heavy atom. The number of benzene rings is 2. The molecule has 0 aliphatic heterocycles. The third kappa shape index (κ3) is 2.33. The maximum absolute atomic E-state index is 13.8. The predicted molar refractivity (Wildman–Crippen MR) is 66.2 cm³/mol. The maximum Gasteiger partial charge on any atom is 0.131 e. The van der Waals surface area contributed by atoms with Crippen molar-refractivity contribution in [2.75, 3.05) is 7.11 Å². The molecule has 0 bridgehead atoms. The van der Waals surface area contributed by atoms with Crippen LogP contribution in [0.15, 0.2) is 36.4 Å². The lowest BCUT2D eigenvalue weighted by molar-refractivity contribution is 0.415. The van der Waals surface area contributed by atoms with Gasteiger partial charge in [-0.25, -0.2) is 8.78 Å². The molecule has 4 heteroatoms. The molecule has 2 rings (SSSR count). The van der Waals surface area contributed by atoms with Crippen molar-refractivity contribution < 1.29 is 13.5 Å². The lowest BCUT2D eigenvalue weighted by atomic mass is 10.0. The highest BCUT2D eigenvalue weighted by atomic mass is 19.1. The van der Waals surface area contributed by atoms with Crippen LogP contribution in [0.2, 0.25) is 0 Å². The van der Waals surface area contributed by atoms with Gasteiger partial charge in [0, 0.05) is 17.7 Å². The van der Waals surface area contributed by atoms with E-state index in [9.17, 15) is 8.78 Å². The van der Waals surface area contributed by atoms with Crippen LogP contribution in [0.5, 0.6) is 5.75 Å². The molecule has 0 atom stereocenters. The minimum atomic E-state index is -0.441. The lowest BCUT2D eigenvalue weighted by Crippen LogP contribution is -1.98. The van der Waals surface area contributed by atoms with Crippen molar-refractivity contribution in [1.29, 1.82) is 0 Å². The quantitative estimate of drug-likeness (QED) is 0.907. The average Bonchev–Trinajstić information content (AvgIpc) is 2.39. The number of halogens is 2. The number of nitrogens with two attached hydrogens (primary N) is 1. The first-order valence-corrected chi connectivity index (χ1v) is 5.48. The summed E-state index contributed by atoms with van der Waals surface area (Å²) in [4.78, 5) is 0. The van der Waals surface area contributed by atoms with E-state index in [1.807, 2.05) is 0 Å². The van der Waals surface area contributed by atoms with Gasteiger partial charge in [-0.1, -0.05) is 6.07 Å². The van der Waals surface area contributed by atoms with E-state index in [1.165, 1.54) is 31.4 Å². The van der Waals surface area contributed by atoms with Gasteiger partial charge < -0.3 is 10.5 Å². The van der Waals surface area contributed by atoms with Gasteiger partial charge in [-0.15, -0.1) is 0 Å². The average molecular weight is 249 g/mol. The summed E-state index contributed by atoms with van der Waals surface area (Å²) >= 11 is 0. The van der Waals surface area contributed by atoms with Crippen molar-refractivity contribution in [3.8, 4) is 16.9 Å². The SMILES string of the molecule is COc1ccc(F)cc1-c1cc(CN)ccc1F. The largest absolute Gasteiger partial charge is 0.496 e. The smallest absolute Gasteiger partial charge is 0.131 e. The number of ether oxygens (including phenoxy) is 1. The summed E-state index contributed by atoms with van der Waals surface area (Å²) in [5.74, 6) is -0.455. The van der Waals surface area contributed by atoms with E-state index in [4.69, 9.17) is 10.5 Å². The van der Waals surface area contributed by atoms with E-state index >= 15 is 0 Å². The Bertz CT molecular complexity index is 570. The fourth-order valence-electron chi connectivity index (χ4n) is 1.80. The van der Waals surface area contributed by atoms with Crippen LogP contribution in [0.25, 0.3) is 11.1 Å². The van der Waals surface area contributed by atoms with E-state index in [1.54, 1.807) is 12.1 Å². The number of hydrogen-bond acceptors (Lipinski definition) is 2. The molecule has 0 unspecified atom stereocenters. The van der Waals surface area contributed by atoms with Gasteiger partial charge in [0.1, 0.15) is 17.4 Å². The molecule has 2 aromatic rings. The van der Waals surface area contributed by atoms with Crippen molar-refractivity contribution in [2.24, 2.45) is 5.73 Å². The molecule has 94 valence electrons. The molecule has 18 heavy (non-hydrogen) atoms. The molecule has 2 nitrogen and oxygen atoms in total. The Morgan fingerprint density at radius 1 is 1.06 bits per heavy atom. The van der Waals surface area contributed by atoms with Crippen molar-refractivity contribution in [1.82, 2.24) is 0 Å². The molecule has 0 radical (unpaired) electrons. The molecule has 0 amide bonds. The second-order valence-corrected chi connectivity index (χ2v) is 3.86. The Kier molecular flexibility index (Phi) is 3.58. The predicted octanol–water partition coefficient (Wildman–Crippen LogP) is 3.10. The first-order chi connectivity index (χ1) is 8.65. The highest BCUT2D eigenvalue weighted by Gasteiger charge is 2.12. The van der Waals surface area contributed by atoms with Crippen LogP contribution in [0.4, 0.5) is 8.78 Å². The highest BCUT2D eigenvalue weighted by Crippen LogP contribution is 2.32. The summed E-state index contributed by atoms with van der Waals surface area (Å²) in [5, 5.41) is 0. The summed E-state index contributed by atoms with van der Waals surface area (Å²) in [6, 6.07) is 8.52. The Balaban J connectivity index is 2.63. The second-order valence-electron chi connectivity index (χ2n) is 3.86. The second kappa shape index (κ2) is 5.14. The summed E-state index contributed by atoms with van der Waals surface area (Å²) in [7, 11) is 1.46. The minimum absolute atomic E-state index is 0.286. The Labute approximate surface area is 104 Å². The summed E-state index contributed by atoms with van der Waals surface area (Å²) in [6.45, 7) is 0.297. The minimum Gasteiger partial charge on any atom is -0.496 e. The van der Waals surface area contributed by atoms with Crippen molar-refractivity contribution in [2.45, 2.75) is 6.54 Å². The van der Waals surface area contributed by atoms with Gasteiger partial charge in [0.05, 0.1) is 7.11 Å². The summed E-state index contributed by atoms with van der Waals surface area (Å²) in [5.41, 5.74) is 6.96. The van der Waals surface area contributed by atoms with Gasteiger partial charge in [-0.3, -0.25) is 0 Å². The molecule has 0 fully saturated rings. The standard InChI is InChI=1S/C14H13F2NO/c1-18-14-5-3-10(15)7-12(14)11-6-9(8-17)2-4-13(11)16/h2-7H,8,17H2,1H3. The van der Waals surface area contributed by atoms with Crippen molar-refractivity contribution >= 4 is 0 Å². The zero-order valence-electron chi connectivity index (χ0n) is 9.91. The lowest BCUT2D eigenvalue weighted by Gasteiger charge is -2.10. The van der Waals surface area contributed by atoms with Gasteiger partial charge >= 0.3 is 0 Å². The maximum atomic E-state index is 13.8. The van der Waals surface area contributed by atoms with E-state index in [0.717, 1.165) is 5.56 Å². The van der Waals surface area contributed by atoms with Gasteiger partial charge in [0.15, 0.2) is 0 Å². The van der Waals surface area contributed by atoms with Crippen LogP contribution in [0, 0.1) is 11.6 Å². The summed E-state index contributed by atoms with van der Waals surface area (Å²) < 4.78 is 32.2. The van der Waals surface area contributed by atoms with Crippen LogP contribution < -0.4 is 10.5 Å². The first-order valence-electron chi connectivity index (χ1n) is 5.48. The molecule has 0 aliphatic rings. The molecule has 0 spiro atoms. The van der Waals surface area contributed by atoms with Crippen LogP contribution >= 0.6 is 0 Å². The molecular formula is C14H13F2NO. The molecule has 0 aromatic heterocycles. The highest BCUT2D eigenvalue weighted by molar-refractivity contribution is 5.71. The number of methoxy groups -OCH3 is 1. The molecule has 0 saturated carbocycles. The fourth-order valence-corrected chi connectivity index (χ4v) is 1.80. The summed E-state index contributed by atoms with van der Waals surface area (Å²) in [6.07, 6.45) is 0. The van der Waals surface area contributed by atoms with Crippen LogP contribution in [0.1, 0.15) is 5.56 Å². The third-order valence-corrected chi connectivity index (χ3v) is 2.72. The van der Waals surface area contributed by atoms with E-state index in [-0.39, 0.29) is 5.56 Å². The van der Waals surface area contributed by atoms with Crippen LogP contribution in [-0.2, 0) is 6.54 Å². The molecule has 0 saturated heterocycles. The van der Waals surface area contributed by atoms with E-state index < -0.39 is 11.6 Å². The number of rotatable bonds is 3.